The van der Waals surface area contributed by atoms with Crippen LogP contribution in [0.3, 0.4) is 0 Å². The number of nitrogens with zero attached hydrogens (tertiary/aromatic N) is 3. The normalized spacial score (nSPS) is 17.3. The van der Waals surface area contributed by atoms with Crippen LogP contribution in [0.5, 0.6) is 0 Å². The first-order chi connectivity index (χ1) is 16.8. The minimum Gasteiger partial charge on any atom is -0.382 e. The van der Waals surface area contributed by atoms with E-state index in [1.807, 2.05) is 19.1 Å². The van der Waals surface area contributed by atoms with Crippen LogP contribution in [0.4, 0.5) is 4.39 Å². The molecule has 0 bridgehead atoms. The van der Waals surface area contributed by atoms with Crippen molar-refractivity contribution in [2.45, 2.75) is 62.4 Å². The van der Waals surface area contributed by atoms with Gasteiger partial charge < -0.3 is 9.30 Å². The van der Waals surface area contributed by atoms with E-state index in [-0.39, 0.29) is 10.7 Å². The van der Waals surface area contributed by atoms with Gasteiger partial charge in [-0.3, -0.25) is 0 Å². The van der Waals surface area contributed by atoms with E-state index >= 15 is 0 Å². The van der Waals surface area contributed by atoms with Gasteiger partial charge in [0.15, 0.2) is 5.16 Å². The summed E-state index contributed by atoms with van der Waals surface area (Å²) in [4.78, 5) is 5.10. The Morgan fingerprint density at radius 2 is 2.06 bits per heavy atom. The zero-order valence-electron chi connectivity index (χ0n) is 20.7. The van der Waals surface area contributed by atoms with E-state index in [9.17, 15) is 12.8 Å². The molecule has 2 heterocycles. The fourth-order valence-corrected chi connectivity index (χ4v) is 7.03. The maximum atomic E-state index is 14.0. The van der Waals surface area contributed by atoms with Gasteiger partial charge in [-0.05, 0) is 74.4 Å². The second kappa shape index (κ2) is 11.4. The molecule has 2 aromatic carbocycles. The second-order valence-corrected chi connectivity index (χ2v) is 12.1. The number of aryl methyl sites for hydroxylation is 2. The number of halogens is 1. The Balaban J connectivity index is 1.63. The molecule has 0 saturated carbocycles. The lowest BCUT2D eigenvalue weighted by molar-refractivity contribution is 0.141. The number of piperidine rings is 1. The molecule has 0 spiro atoms. The van der Waals surface area contributed by atoms with Crippen LogP contribution in [0.15, 0.2) is 46.5 Å². The van der Waals surface area contributed by atoms with Gasteiger partial charge in [0.05, 0.1) is 15.9 Å². The molecule has 1 aromatic heterocycles. The summed E-state index contributed by atoms with van der Waals surface area (Å²) in [6, 6.07) is 10.5. The van der Waals surface area contributed by atoms with E-state index < -0.39 is 10.0 Å². The molecule has 0 amide bonds. The van der Waals surface area contributed by atoms with E-state index in [2.05, 4.69) is 11.5 Å². The summed E-state index contributed by atoms with van der Waals surface area (Å²) in [5, 5.41) is 0.790. The molecule has 9 heteroatoms. The van der Waals surface area contributed by atoms with E-state index in [0.29, 0.717) is 55.6 Å². The molecule has 3 aromatic rings. The molecular weight excluding hydrogens is 485 g/mol. The third-order valence-corrected chi connectivity index (χ3v) is 9.33. The quantitative estimate of drug-likeness (QED) is 0.257. The molecule has 0 N–H and O–H groups in total. The van der Waals surface area contributed by atoms with Gasteiger partial charge in [-0.2, -0.15) is 4.31 Å². The van der Waals surface area contributed by atoms with Crippen molar-refractivity contribution in [2.75, 3.05) is 26.3 Å². The summed E-state index contributed by atoms with van der Waals surface area (Å²) in [6.45, 7) is 8.95. The summed E-state index contributed by atoms with van der Waals surface area (Å²) < 4.78 is 49.9. The number of benzene rings is 2. The molecule has 4 rings (SSSR count). The average Bonchev–Trinajstić information content (AvgIpc) is 3.19. The van der Waals surface area contributed by atoms with Gasteiger partial charge in [0.1, 0.15) is 5.82 Å². The van der Waals surface area contributed by atoms with Crippen LogP contribution in [-0.2, 0) is 27.1 Å². The molecular formula is C26H34FN3O3S2. The highest BCUT2D eigenvalue weighted by Crippen LogP contribution is 2.31. The minimum absolute atomic E-state index is 0.213. The SMILES string of the molecule is CCOCCCn1c(SCc2ccc(C)c(F)c2)nc2cc(S(=O)(=O)N3CCCC(C)C3)ccc21. The zero-order valence-corrected chi connectivity index (χ0v) is 22.3. The van der Waals surface area contributed by atoms with Crippen LogP contribution in [0.2, 0.25) is 0 Å². The van der Waals surface area contributed by atoms with Crippen molar-refractivity contribution in [1.29, 1.82) is 0 Å². The van der Waals surface area contributed by atoms with Crippen LogP contribution in [0, 0.1) is 18.7 Å². The first-order valence-corrected chi connectivity index (χ1v) is 14.7. The van der Waals surface area contributed by atoms with Gasteiger partial charge in [0.2, 0.25) is 10.0 Å². The minimum atomic E-state index is -3.56. The molecule has 1 unspecified atom stereocenters. The summed E-state index contributed by atoms with van der Waals surface area (Å²) in [5.74, 6) is 0.722. The molecule has 35 heavy (non-hydrogen) atoms. The van der Waals surface area contributed by atoms with Crippen molar-refractivity contribution in [3.63, 3.8) is 0 Å². The predicted molar refractivity (Wildman–Crippen MR) is 139 cm³/mol. The standard InChI is InChI=1S/C26H34FN3O3S2/c1-4-33-14-6-13-30-25-11-10-22(35(31,32)29-12-5-7-19(2)17-29)16-24(25)28-26(30)34-18-21-9-8-20(3)23(27)15-21/h8-11,15-16,19H,4-7,12-14,17-18H2,1-3H3. The fraction of sp³-hybridized carbons (Fsp3) is 0.500. The number of imidazole rings is 1. The number of aromatic nitrogens is 2. The molecule has 1 aliphatic rings. The molecule has 6 nitrogen and oxygen atoms in total. The molecule has 1 saturated heterocycles. The first kappa shape index (κ1) is 26.1. The fourth-order valence-electron chi connectivity index (χ4n) is 4.43. The Morgan fingerprint density at radius 1 is 1.23 bits per heavy atom. The predicted octanol–water partition coefficient (Wildman–Crippen LogP) is 5.62. The van der Waals surface area contributed by atoms with Crippen molar-refractivity contribution >= 4 is 32.8 Å². The Morgan fingerprint density at radius 3 is 2.80 bits per heavy atom. The maximum Gasteiger partial charge on any atom is 0.243 e. The highest BCUT2D eigenvalue weighted by molar-refractivity contribution is 7.98. The number of rotatable bonds is 10. The van der Waals surface area contributed by atoms with Gasteiger partial charge in [-0.25, -0.2) is 17.8 Å². The lowest BCUT2D eigenvalue weighted by Crippen LogP contribution is -2.39. The molecule has 1 fully saturated rings. The Kier molecular flexibility index (Phi) is 8.52. The second-order valence-electron chi connectivity index (χ2n) is 9.23. The topological polar surface area (TPSA) is 64.4 Å². The maximum absolute atomic E-state index is 14.0. The lowest BCUT2D eigenvalue weighted by Gasteiger charge is -2.30. The van der Waals surface area contributed by atoms with Crippen molar-refractivity contribution in [3.05, 3.63) is 53.3 Å². The van der Waals surface area contributed by atoms with Crippen LogP contribution in [-0.4, -0.2) is 48.6 Å². The Bertz CT molecular complexity index is 1280. The van der Waals surface area contributed by atoms with E-state index in [1.54, 1.807) is 35.5 Å². The number of hydrogen-bond acceptors (Lipinski definition) is 5. The number of thioether (sulfide) groups is 1. The number of fused-ring (bicyclic) bond motifs is 1. The third kappa shape index (κ3) is 6.07. The van der Waals surface area contributed by atoms with Crippen LogP contribution in [0.1, 0.15) is 44.2 Å². The Labute approximate surface area is 211 Å². The zero-order chi connectivity index (χ0) is 25.0. The summed E-state index contributed by atoms with van der Waals surface area (Å²) in [6.07, 6.45) is 2.76. The van der Waals surface area contributed by atoms with Crippen molar-refractivity contribution in [1.82, 2.24) is 13.9 Å². The highest BCUT2D eigenvalue weighted by atomic mass is 32.2. The largest absolute Gasteiger partial charge is 0.382 e. The summed E-state index contributed by atoms with van der Waals surface area (Å²) in [5.41, 5.74) is 3.06. The molecule has 1 atom stereocenters. The molecule has 1 aliphatic heterocycles. The molecule has 190 valence electrons. The first-order valence-electron chi connectivity index (χ1n) is 12.3. The van der Waals surface area contributed by atoms with Gasteiger partial charge in [0, 0.05) is 38.6 Å². The van der Waals surface area contributed by atoms with E-state index in [4.69, 9.17) is 9.72 Å². The van der Waals surface area contributed by atoms with E-state index in [1.165, 1.54) is 11.8 Å². The van der Waals surface area contributed by atoms with Crippen molar-refractivity contribution in [2.24, 2.45) is 5.92 Å². The Hall–Kier alpha value is -1.94. The lowest BCUT2D eigenvalue weighted by atomic mass is 10.0. The van der Waals surface area contributed by atoms with Gasteiger partial charge in [-0.1, -0.05) is 30.8 Å². The smallest absolute Gasteiger partial charge is 0.243 e. The summed E-state index contributed by atoms with van der Waals surface area (Å²) >= 11 is 1.53. The number of sulfonamides is 1. The third-order valence-electron chi connectivity index (χ3n) is 6.42. The number of ether oxygens (including phenoxy) is 1. The van der Waals surface area contributed by atoms with Gasteiger partial charge in [-0.15, -0.1) is 0 Å². The van der Waals surface area contributed by atoms with Crippen LogP contribution >= 0.6 is 11.8 Å². The summed E-state index contributed by atoms with van der Waals surface area (Å²) in [7, 11) is -3.56. The van der Waals surface area contributed by atoms with Crippen molar-refractivity contribution < 1.29 is 17.5 Å². The highest BCUT2D eigenvalue weighted by Gasteiger charge is 2.29. The van der Waals surface area contributed by atoms with Gasteiger partial charge in [0.25, 0.3) is 0 Å². The van der Waals surface area contributed by atoms with Gasteiger partial charge >= 0.3 is 0 Å². The monoisotopic (exact) mass is 519 g/mol. The number of hydrogen-bond donors (Lipinski definition) is 0. The van der Waals surface area contributed by atoms with Crippen LogP contribution in [0.25, 0.3) is 11.0 Å². The average molecular weight is 520 g/mol. The van der Waals surface area contributed by atoms with Crippen LogP contribution < -0.4 is 0 Å². The molecule has 0 aliphatic carbocycles. The van der Waals surface area contributed by atoms with Crippen molar-refractivity contribution in [3.8, 4) is 0 Å². The molecule has 0 radical (unpaired) electrons. The van der Waals surface area contributed by atoms with E-state index in [0.717, 1.165) is 35.5 Å².